The lowest BCUT2D eigenvalue weighted by Gasteiger charge is -2.28. The van der Waals surface area contributed by atoms with Gasteiger partial charge in [0.15, 0.2) is 0 Å². The van der Waals surface area contributed by atoms with Crippen LogP contribution in [0.4, 0.5) is 0 Å². The van der Waals surface area contributed by atoms with Crippen molar-refractivity contribution in [2.24, 2.45) is 11.8 Å². The Labute approximate surface area is 199 Å². The maximum Gasteiger partial charge on any atom is 0.326 e. The topological polar surface area (TPSA) is 204 Å². The van der Waals surface area contributed by atoms with Crippen LogP contribution >= 0.6 is 0 Å². The van der Waals surface area contributed by atoms with Gasteiger partial charge in [-0.25, -0.2) is 4.79 Å². The van der Waals surface area contributed by atoms with Crippen molar-refractivity contribution >= 4 is 29.7 Å². The van der Waals surface area contributed by atoms with Crippen molar-refractivity contribution in [2.75, 3.05) is 0 Å². The minimum Gasteiger partial charge on any atom is -0.480 e. The van der Waals surface area contributed by atoms with Crippen molar-refractivity contribution in [3.8, 4) is 0 Å². The molecule has 0 aromatic rings. The van der Waals surface area contributed by atoms with Gasteiger partial charge in [-0.3, -0.25) is 24.5 Å². The number of amides is 3. The van der Waals surface area contributed by atoms with Gasteiger partial charge < -0.3 is 31.3 Å². The Morgan fingerprint density at radius 2 is 1.44 bits per heavy atom. The third-order valence-corrected chi connectivity index (χ3v) is 5.43. The minimum atomic E-state index is -1.28. The molecule has 12 nitrogen and oxygen atoms in total. The van der Waals surface area contributed by atoms with Crippen LogP contribution in [0, 0.1) is 11.8 Å². The van der Waals surface area contributed by atoms with Crippen LogP contribution < -0.4 is 21.3 Å². The highest BCUT2D eigenvalue weighted by Crippen LogP contribution is 2.15. The summed E-state index contributed by atoms with van der Waals surface area (Å²) in [6.45, 7) is 9.08. The van der Waals surface area contributed by atoms with Gasteiger partial charge in [0, 0.05) is 0 Å². The molecule has 0 unspecified atom stereocenters. The van der Waals surface area contributed by atoms with Crippen LogP contribution in [0.1, 0.15) is 60.3 Å². The molecule has 1 heterocycles. The van der Waals surface area contributed by atoms with Crippen molar-refractivity contribution in [3.63, 3.8) is 0 Å². The summed E-state index contributed by atoms with van der Waals surface area (Å²) in [6, 6.07) is -4.76. The molecule has 7 N–H and O–H groups in total. The van der Waals surface area contributed by atoms with Crippen LogP contribution in [0.25, 0.3) is 0 Å². The lowest BCUT2D eigenvalue weighted by Crippen LogP contribution is -2.54. The molecule has 1 rings (SSSR count). The van der Waals surface area contributed by atoms with E-state index < -0.39 is 72.4 Å². The maximum absolute atomic E-state index is 13.0. The maximum atomic E-state index is 13.0. The van der Waals surface area contributed by atoms with Gasteiger partial charge in [-0.05, 0) is 31.1 Å². The fourth-order valence-corrected chi connectivity index (χ4v) is 3.57. The first kappa shape index (κ1) is 29.3. The number of aliphatic carboxylic acids is 2. The number of aliphatic hydroxyl groups is 1. The SMILES string of the molecule is CC[C@H](NC(=O)C[C@H](O)[C@H](CC(C)C)NC(=O)[C@H](CC(C)C)NC(=O)[C@@H]1N[C@H]1C(=O)O)C(=O)O. The molecule has 194 valence electrons. The lowest BCUT2D eigenvalue weighted by atomic mass is 9.95. The fraction of sp³-hybridized carbons (Fsp3) is 0.773. The number of carboxylic acids is 2. The largest absolute Gasteiger partial charge is 0.480 e. The van der Waals surface area contributed by atoms with Gasteiger partial charge in [-0.2, -0.15) is 0 Å². The van der Waals surface area contributed by atoms with Crippen molar-refractivity contribution in [1.29, 1.82) is 0 Å². The molecule has 1 aliphatic heterocycles. The molecule has 1 aliphatic rings. The van der Waals surface area contributed by atoms with E-state index in [4.69, 9.17) is 10.2 Å². The van der Waals surface area contributed by atoms with E-state index >= 15 is 0 Å². The first-order valence-corrected chi connectivity index (χ1v) is 11.6. The van der Waals surface area contributed by atoms with E-state index in [0.717, 1.165) is 0 Å². The molecule has 3 amide bonds. The molecular formula is C22H38N4O8. The van der Waals surface area contributed by atoms with E-state index in [1.54, 1.807) is 6.92 Å². The third-order valence-electron chi connectivity index (χ3n) is 5.43. The van der Waals surface area contributed by atoms with Gasteiger partial charge in [-0.15, -0.1) is 0 Å². The van der Waals surface area contributed by atoms with Gasteiger partial charge >= 0.3 is 11.9 Å². The van der Waals surface area contributed by atoms with Crippen LogP contribution in [-0.2, 0) is 24.0 Å². The van der Waals surface area contributed by atoms with E-state index in [2.05, 4.69) is 21.3 Å². The minimum absolute atomic E-state index is 0.0275. The van der Waals surface area contributed by atoms with Crippen LogP contribution in [-0.4, -0.2) is 81.3 Å². The highest BCUT2D eigenvalue weighted by molar-refractivity contribution is 5.97. The monoisotopic (exact) mass is 486 g/mol. The Bertz CT molecular complexity index is 757. The Hall–Kier alpha value is -2.73. The van der Waals surface area contributed by atoms with E-state index in [9.17, 15) is 29.1 Å². The molecule has 1 fully saturated rings. The van der Waals surface area contributed by atoms with Gasteiger partial charge in [0.25, 0.3) is 0 Å². The molecule has 0 saturated carbocycles. The number of nitrogens with one attached hydrogen (secondary N) is 4. The van der Waals surface area contributed by atoms with Crippen LogP contribution in [0.3, 0.4) is 0 Å². The van der Waals surface area contributed by atoms with E-state index in [1.807, 2.05) is 27.7 Å². The zero-order chi connectivity index (χ0) is 26.2. The highest BCUT2D eigenvalue weighted by atomic mass is 16.4. The highest BCUT2D eigenvalue weighted by Gasteiger charge is 2.48. The second-order valence-electron chi connectivity index (χ2n) is 9.53. The molecule has 0 aliphatic carbocycles. The summed E-state index contributed by atoms with van der Waals surface area (Å²) in [5, 5.41) is 38.9. The van der Waals surface area contributed by atoms with Crippen LogP contribution in [0.2, 0.25) is 0 Å². The molecule has 0 spiro atoms. The van der Waals surface area contributed by atoms with Gasteiger partial charge in [0.2, 0.25) is 17.7 Å². The molecule has 0 radical (unpaired) electrons. The zero-order valence-corrected chi connectivity index (χ0v) is 20.3. The van der Waals surface area contributed by atoms with Gasteiger partial charge in [0.1, 0.15) is 24.2 Å². The number of carbonyl (C=O) groups is 5. The number of hydrogen-bond donors (Lipinski definition) is 7. The summed E-state index contributed by atoms with van der Waals surface area (Å²) < 4.78 is 0. The average molecular weight is 487 g/mol. The summed E-state index contributed by atoms with van der Waals surface area (Å²) in [5.74, 6) is -4.08. The number of hydrogen-bond acceptors (Lipinski definition) is 7. The van der Waals surface area contributed by atoms with Crippen LogP contribution in [0.5, 0.6) is 0 Å². The lowest BCUT2D eigenvalue weighted by molar-refractivity contribution is -0.142. The van der Waals surface area contributed by atoms with Gasteiger partial charge in [-0.1, -0.05) is 34.6 Å². The fourth-order valence-electron chi connectivity index (χ4n) is 3.57. The number of carbonyl (C=O) groups excluding carboxylic acids is 3. The molecule has 1 saturated heterocycles. The van der Waals surface area contributed by atoms with Crippen LogP contribution in [0.15, 0.2) is 0 Å². The smallest absolute Gasteiger partial charge is 0.326 e. The predicted molar refractivity (Wildman–Crippen MR) is 122 cm³/mol. The predicted octanol–water partition coefficient (Wildman–Crippen LogP) is -0.796. The first-order valence-electron chi connectivity index (χ1n) is 11.6. The van der Waals surface area contributed by atoms with Crippen molar-refractivity contribution in [1.82, 2.24) is 21.3 Å². The summed E-state index contributed by atoms with van der Waals surface area (Å²) >= 11 is 0. The Morgan fingerprint density at radius 3 is 1.88 bits per heavy atom. The van der Waals surface area contributed by atoms with E-state index in [1.165, 1.54) is 0 Å². The summed E-state index contributed by atoms with van der Waals surface area (Å²) in [7, 11) is 0. The average Bonchev–Trinajstić information content (AvgIpc) is 3.51. The number of rotatable bonds is 15. The molecule has 34 heavy (non-hydrogen) atoms. The second kappa shape index (κ2) is 13.2. The number of aliphatic hydroxyl groups excluding tert-OH is 1. The van der Waals surface area contributed by atoms with Crippen molar-refractivity contribution < 1.29 is 39.3 Å². The molecular weight excluding hydrogens is 448 g/mol. The molecule has 6 atom stereocenters. The van der Waals surface area contributed by atoms with Crippen molar-refractivity contribution in [3.05, 3.63) is 0 Å². The van der Waals surface area contributed by atoms with E-state index in [0.29, 0.717) is 6.42 Å². The van der Waals surface area contributed by atoms with E-state index in [-0.39, 0.29) is 24.7 Å². The molecule has 0 aromatic heterocycles. The Balaban J connectivity index is 2.85. The Morgan fingerprint density at radius 1 is 0.853 bits per heavy atom. The molecule has 12 heteroatoms. The van der Waals surface area contributed by atoms with Gasteiger partial charge in [0.05, 0.1) is 18.6 Å². The first-order chi connectivity index (χ1) is 15.8. The third kappa shape index (κ3) is 9.64. The quantitative estimate of drug-likeness (QED) is 0.145. The Kier molecular flexibility index (Phi) is 11.4. The summed E-state index contributed by atoms with van der Waals surface area (Å²) in [6.07, 6.45) is -0.893. The van der Waals surface area contributed by atoms with Crippen molar-refractivity contribution in [2.45, 2.75) is 96.6 Å². The normalized spacial score (nSPS) is 20.7. The zero-order valence-electron chi connectivity index (χ0n) is 20.3. The summed E-state index contributed by atoms with van der Waals surface area (Å²) in [4.78, 5) is 59.8. The summed E-state index contributed by atoms with van der Waals surface area (Å²) in [5.41, 5.74) is 0. The molecule has 0 aromatic carbocycles. The number of carboxylic acid groups (broad SMARTS) is 2. The second-order valence-corrected chi connectivity index (χ2v) is 9.53. The standard InChI is InChI=1S/C22H38N4O8/c1-6-12(21(31)32)23-16(28)9-15(27)13(7-10(2)3)24-19(29)14(8-11(4)5)25-20(30)17-18(26-17)22(33)34/h10-15,17-18,26-27H,6-9H2,1-5H3,(H,23,28)(H,24,29)(H,25,30)(H,31,32)(H,33,34)/t12-,13-,14-,15-,17+,18+/m0/s1. The molecule has 0 bridgehead atoms.